The van der Waals surface area contributed by atoms with Gasteiger partial charge < -0.3 is 22.1 Å². The lowest BCUT2D eigenvalue weighted by molar-refractivity contribution is -0.594. The minimum atomic E-state index is -1.41. The van der Waals surface area contributed by atoms with Crippen LogP contribution in [0.1, 0.15) is 22.7 Å². The highest BCUT2D eigenvalue weighted by molar-refractivity contribution is 6.30. The topological polar surface area (TPSA) is 48.0 Å². The summed E-state index contributed by atoms with van der Waals surface area (Å²) in [5.41, 5.74) is 1.32. The summed E-state index contributed by atoms with van der Waals surface area (Å²) in [5, 5.41) is 16.2. The van der Waals surface area contributed by atoms with Crippen molar-refractivity contribution >= 4 is 24.0 Å². The zero-order chi connectivity index (χ0) is 15.2. The zero-order valence-electron chi connectivity index (χ0n) is 12.0. The maximum atomic E-state index is 11.3. The van der Waals surface area contributed by atoms with Crippen LogP contribution in [0.4, 0.5) is 0 Å². The summed E-state index contributed by atoms with van der Waals surface area (Å²) < 4.78 is 1.74. The Hall–Kier alpha value is -1.82. The molecule has 0 bridgehead atoms. The third-order valence-corrected chi connectivity index (χ3v) is 4.30. The summed E-state index contributed by atoms with van der Waals surface area (Å²) in [6.07, 6.45) is 5.24. The summed E-state index contributed by atoms with van der Waals surface area (Å²) >= 11 is 5.95. The first-order valence-electron chi connectivity index (χ1n) is 6.97. The normalized spacial score (nSPS) is 24.3. The second kappa shape index (κ2) is 6.00. The van der Waals surface area contributed by atoms with E-state index in [-0.39, 0.29) is 17.0 Å². The number of hydrogen-bond donors (Lipinski definition) is 1. The smallest absolute Gasteiger partial charge is 0.263 e. The molecule has 0 fully saturated rings. The molecule has 2 aliphatic heterocycles. The Bertz CT molecular complexity index is 832. The van der Waals surface area contributed by atoms with Crippen molar-refractivity contribution in [2.45, 2.75) is 11.8 Å². The second-order valence-corrected chi connectivity index (χ2v) is 5.76. The van der Waals surface area contributed by atoms with Gasteiger partial charge in [-0.25, -0.2) is 4.99 Å². The van der Waals surface area contributed by atoms with Gasteiger partial charge in [0.1, 0.15) is 0 Å². The molecule has 2 aliphatic rings. The van der Waals surface area contributed by atoms with Gasteiger partial charge in [0.15, 0.2) is 12.5 Å². The van der Waals surface area contributed by atoms with Crippen LogP contribution < -0.4 is 17.0 Å². The standard InChI is InChI=1S/C17H13ClN3O.BrH/c18-14-7-5-13(6-8-14)17(22)16-15-4-2-1-3-12(15)9-10-21(16)20-11-19-17;/h1-11,16,22H;1H/q+1;/p-1. The molecule has 0 saturated carbocycles. The molecule has 0 spiro atoms. The van der Waals surface area contributed by atoms with Crippen molar-refractivity contribution in [3.63, 3.8) is 0 Å². The number of nitrogens with zero attached hydrogens (tertiary/aromatic N) is 3. The summed E-state index contributed by atoms with van der Waals surface area (Å²) in [6, 6.07) is 14.6. The van der Waals surface area contributed by atoms with Gasteiger partial charge in [-0.15, -0.1) is 0 Å². The van der Waals surface area contributed by atoms with E-state index in [4.69, 9.17) is 11.6 Å². The first kappa shape index (κ1) is 16.1. The highest BCUT2D eigenvalue weighted by atomic mass is 79.9. The van der Waals surface area contributed by atoms with Gasteiger partial charge >= 0.3 is 0 Å². The lowest BCUT2D eigenvalue weighted by atomic mass is 9.85. The molecule has 2 unspecified atom stereocenters. The Morgan fingerprint density at radius 3 is 2.61 bits per heavy atom. The van der Waals surface area contributed by atoms with Gasteiger partial charge in [-0.1, -0.05) is 52.7 Å². The van der Waals surface area contributed by atoms with E-state index >= 15 is 0 Å². The summed E-state index contributed by atoms with van der Waals surface area (Å²) in [7, 11) is 0. The van der Waals surface area contributed by atoms with Gasteiger partial charge in [0.2, 0.25) is 0 Å². The largest absolute Gasteiger partial charge is 1.00 e. The fourth-order valence-corrected chi connectivity index (χ4v) is 3.10. The maximum absolute atomic E-state index is 11.3. The van der Waals surface area contributed by atoms with E-state index < -0.39 is 11.8 Å². The van der Waals surface area contributed by atoms with E-state index in [2.05, 4.69) is 10.1 Å². The lowest BCUT2D eigenvalue weighted by Crippen LogP contribution is -3.00. The third kappa shape index (κ3) is 2.55. The van der Waals surface area contributed by atoms with Crippen molar-refractivity contribution in [3.05, 3.63) is 76.4 Å². The Morgan fingerprint density at radius 2 is 1.83 bits per heavy atom. The molecule has 2 atom stereocenters. The number of aliphatic imine (C=N–C) groups is 1. The van der Waals surface area contributed by atoms with Crippen molar-refractivity contribution in [2.24, 2.45) is 10.1 Å². The van der Waals surface area contributed by atoms with Crippen LogP contribution in [0, 0.1) is 0 Å². The molecule has 116 valence electrons. The predicted octanol–water partition coefficient (Wildman–Crippen LogP) is 0.721. The molecule has 0 aliphatic carbocycles. The molecule has 0 radical (unpaired) electrons. The van der Waals surface area contributed by atoms with Crippen molar-refractivity contribution < 1.29 is 26.8 Å². The zero-order valence-corrected chi connectivity index (χ0v) is 14.3. The Labute approximate surface area is 149 Å². The van der Waals surface area contributed by atoms with Crippen LogP contribution in [0.2, 0.25) is 5.02 Å². The molecule has 2 aromatic carbocycles. The van der Waals surface area contributed by atoms with Gasteiger partial charge in [0.05, 0.1) is 0 Å². The minimum absolute atomic E-state index is 0. The molecule has 0 aromatic heterocycles. The second-order valence-electron chi connectivity index (χ2n) is 5.32. The molecule has 0 amide bonds. The van der Waals surface area contributed by atoms with E-state index in [0.29, 0.717) is 10.6 Å². The van der Waals surface area contributed by atoms with E-state index in [1.165, 1.54) is 6.34 Å². The molecule has 2 heterocycles. The van der Waals surface area contributed by atoms with E-state index in [0.717, 1.165) is 11.1 Å². The number of fused-ring (bicyclic) bond motifs is 3. The van der Waals surface area contributed by atoms with Gasteiger partial charge in [0.25, 0.3) is 11.8 Å². The van der Waals surface area contributed by atoms with Gasteiger partial charge in [-0.3, -0.25) is 0 Å². The maximum Gasteiger partial charge on any atom is 0.263 e. The molecule has 23 heavy (non-hydrogen) atoms. The average molecular weight is 391 g/mol. The summed E-state index contributed by atoms with van der Waals surface area (Å²) in [5.74, 6) is 0. The average Bonchev–Trinajstić information content (AvgIpc) is 2.55. The van der Waals surface area contributed by atoms with Crippen molar-refractivity contribution in [1.82, 2.24) is 0 Å². The van der Waals surface area contributed by atoms with Gasteiger partial charge in [-0.05, 0) is 17.7 Å². The Balaban J connectivity index is 0.00000156. The van der Waals surface area contributed by atoms with Crippen LogP contribution in [0.15, 0.2) is 64.8 Å². The molecular formula is C17H13BrClN3O. The first-order valence-corrected chi connectivity index (χ1v) is 7.35. The molecule has 0 saturated heterocycles. The monoisotopic (exact) mass is 389 g/mol. The summed E-state index contributed by atoms with van der Waals surface area (Å²) in [6.45, 7) is 0. The highest BCUT2D eigenvalue weighted by Gasteiger charge is 2.51. The SMILES string of the molecule is OC1(c2ccc(Cl)cc2)N=CN=[N+]2C=Cc3ccccc3C21.[Br-]. The van der Waals surface area contributed by atoms with Crippen LogP contribution in [0.3, 0.4) is 0 Å². The van der Waals surface area contributed by atoms with Crippen molar-refractivity contribution in [3.8, 4) is 0 Å². The Morgan fingerprint density at radius 1 is 1.09 bits per heavy atom. The third-order valence-electron chi connectivity index (χ3n) is 4.05. The highest BCUT2D eigenvalue weighted by Crippen LogP contribution is 2.44. The van der Waals surface area contributed by atoms with E-state index in [1.807, 2.05) is 36.5 Å². The van der Waals surface area contributed by atoms with E-state index in [9.17, 15) is 5.11 Å². The lowest BCUT2D eigenvalue weighted by Gasteiger charge is -2.31. The van der Waals surface area contributed by atoms with Gasteiger partial charge in [0, 0.05) is 27.3 Å². The summed E-state index contributed by atoms with van der Waals surface area (Å²) in [4.78, 5) is 4.29. The number of aliphatic hydroxyl groups is 1. The number of rotatable bonds is 1. The number of benzene rings is 2. The number of halogens is 2. The van der Waals surface area contributed by atoms with Crippen molar-refractivity contribution in [1.29, 1.82) is 0 Å². The number of azo groups is 2. The predicted molar refractivity (Wildman–Crippen MR) is 84.7 cm³/mol. The van der Waals surface area contributed by atoms with Crippen LogP contribution in [-0.4, -0.2) is 16.1 Å². The first-order chi connectivity index (χ1) is 10.7. The molecule has 1 N–H and O–H groups in total. The minimum Gasteiger partial charge on any atom is -1.00 e. The molecule has 2 aromatic rings. The van der Waals surface area contributed by atoms with Crippen molar-refractivity contribution in [2.75, 3.05) is 0 Å². The molecular weight excluding hydrogens is 378 g/mol. The molecule has 4 rings (SSSR count). The number of hydrogen-bond acceptors (Lipinski definition) is 3. The van der Waals surface area contributed by atoms with Crippen LogP contribution >= 0.6 is 11.6 Å². The molecule has 6 heteroatoms. The van der Waals surface area contributed by atoms with Crippen LogP contribution in [0.25, 0.3) is 6.08 Å². The van der Waals surface area contributed by atoms with E-state index in [1.54, 1.807) is 29.0 Å². The van der Waals surface area contributed by atoms with Crippen LogP contribution in [-0.2, 0) is 5.72 Å². The Kier molecular flexibility index (Phi) is 4.19. The fraction of sp³-hybridized carbons (Fsp3) is 0.118. The quantitative estimate of drug-likeness (QED) is 0.717. The fourth-order valence-electron chi connectivity index (χ4n) is 2.98. The molecule has 4 nitrogen and oxygen atoms in total. The van der Waals surface area contributed by atoms with Gasteiger partial charge in [-0.2, -0.15) is 0 Å². The van der Waals surface area contributed by atoms with Crippen LogP contribution in [0.5, 0.6) is 0 Å².